The normalized spacial score (nSPS) is 16.1. The summed E-state index contributed by atoms with van der Waals surface area (Å²) in [5.41, 5.74) is 0. The highest BCUT2D eigenvalue weighted by atomic mass is 32.2. The Balaban J connectivity index is 2.20. The lowest BCUT2D eigenvalue weighted by Crippen LogP contribution is -2.25. The zero-order valence-electron chi connectivity index (χ0n) is 8.69. The van der Waals surface area contributed by atoms with E-state index in [1.807, 2.05) is 0 Å². The number of carbonyl (C=O) groups excluding carboxylic acids is 1. The van der Waals surface area contributed by atoms with Gasteiger partial charge in [0.15, 0.2) is 5.76 Å². The third-order valence-electron chi connectivity index (χ3n) is 2.20. The quantitative estimate of drug-likeness (QED) is 0.785. The molecule has 0 spiro atoms. The number of amides is 1. The molecule has 1 aliphatic carbocycles. The van der Waals surface area contributed by atoms with Crippen molar-refractivity contribution in [1.29, 1.82) is 0 Å². The van der Waals surface area contributed by atoms with Crippen LogP contribution in [0.4, 0.5) is 0 Å². The molecule has 1 saturated carbocycles. The number of hydrogen-bond acceptors (Lipinski definition) is 4. The first kappa shape index (κ1) is 11.2. The second-order valence-electron chi connectivity index (χ2n) is 3.59. The molecule has 1 aromatic rings. The van der Waals surface area contributed by atoms with Gasteiger partial charge in [-0.2, -0.15) is 0 Å². The average Bonchev–Trinajstić information content (AvgIpc) is 2.88. The summed E-state index contributed by atoms with van der Waals surface area (Å²) in [6, 6.07) is 2.62. The Bertz CT molecular complexity index is 501. The SMILES string of the molecule is CNC(=O)c1ccc(S(=O)(=O)NC2CC2)o1. The number of hydrogen-bond donors (Lipinski definition) is 2. The van der Waals surface area contributed by atoms with Crippen LogP contribution >= 0.6 is 0 Å². The second kappa shape index (κ2) is 3.91. The van der Waals surface area contributed by atoms with E-state index in [1.165, 1.54) is 19.2 Å². The zero-order chi connectivity index (χ0) is 11.8. The van der Waals surface area contributed by atoms with Crippen LogP contribution in [-0.2, 0) is 10.0 Å². The van der Waals surface area contributed by atoms with Crippen LogP contribution in [0.15, 0.2) is 21.6 Å². The molecule has 0 aromatic carbocycles. The molecule has 0 bridgehead atoms. The van der Waals surface area contributed by atoms with Crippen molar-refractivity contribution in [3.8, 4) is 0 Å². The topological polar surface area (TPSA) is 88.4 Å². The fraction of sp³-hybridized carbons (Fsp3) is 0.444. The third kappa shape index (κ3) is 2.25. The number of rotatable bonds is 4. The van der Waals surface area contributed by atoms with Crippen LogP contribution in [0.1, 0.15) is 23.4 Å². The number of carbonyl (C=O) groups is 1. The molecule has 0 atom stereocenters. The number of furan rings is 1. The Labute approximate surface area is 93.1 Å². The fourth-order valence-corrected chi connectivity index (χ4v) is 2.43. The molecule has 0 aliphatic heterocycles. The minimum atomic E-state index is -3.61. The maximum atomic E-state index is 11.7. The molecule has 2 N–H and O–H groups in total. The predicted molar refractivity (Wildman–Crippen MR) is 55.4 cm³/mol. The lowest BCUT2D eigenvalue weighted by Gasteiger charge is -2.00. The lowest BCUT2D eigenvalue weighted by atomic mass is 10.4. The van der Waals surface area contributed by atoms with Gasteiger partial charge in [0.2, 0.25) is 5.09 Å². The van der Waals surface area contributed by atoms with Crippen LogP contribution < -0.4 is 10.0 Å². The van der Waals surface area contributed by atoms with Crippen molar-refractivity contribution < 1.29 is 17.6 Å². The van der Waals surface area contributed by atoms with Gasteiger partial charge < -0.3 is 9.73 Å². The first-order chi connectivity index (χ1) is 7.53. The summed E-state index contributed by atoms with van der Waals surface area (Å²) in [6.45, 7) is 0. The van der Waals surface area contributed by atoms with Gasteiger partial charge >= 0.3 is 0 Å². The van der Waals surface area contributed by atoms with Crippen molar-refractivity contribution in [2.45, 2.75) is 24.0 Å². The highest BCUT2D eigenvalue weighted by Crippen LogP contribution is 2.22. The maximum absolute atomic E-state index is 11.7. The highest BCUT2D eigenvalue weighted by molar-refractivity contribution is 7.89. The van der Waals surface area contributed by atoms with Gasteiger partial charge in [-0.3, -0.25) is 4.79 Å². The van der Waals surface area contributed by atoms with Crippen molar-refractivity contribution in [3.05, 3.63) is 17.9 Å². The number of sulfonamides is 1. The Morgan fingerprint density at radius 2 is 2.12 bits per heavy atom. The van der Waals surface area contributed by atoms with Gasteiger partial charge in [-0.1, -0.05) is 0 Å². The van der Waals surface area contributed by atoms with Crippen LogP contribution in [-0.4, -0.2) is 27.4 Å². The molecule has 6 nitrogen and oxygen atoms in total. The van der Waals surface area contributed by atoms with E-state index in [9.17, 15) is 13.2 Å². The van der Waals surface area contributed by atoms with Gasteiger partial charge in [0.05, 0.1) is 0 Å². The van der Waals surface area contributed by atoms with Gasteiger partial charge in [-0.25, -0.2) is 13.1 Å². The van der Waals surface area contributed by atoms with Crippen molar-refractivity contribution in [2.75, 3.05) is 7.05 Å². The largest absolute Gasteiger partial charge is 0.438 e. The molecule has 1 fully saturated rings. The summed E-state index contributed by atoms with van der Waals surface area (Å²) in [7, 11) is -2.17. The van der Waals surface area contributed by atoms with E-state index in [-0.39, 0.29) is 16.9 Å². The summed E-state index contributed by atoms with van der Waals surface area (Å²) in [5, 5.41) is 2.13. The van der Waals surface area contributed by atoms with Crippen LogP contribution in [0.3, 0.4) is 0 Å². The minimum Gasteiger partial charge on any atom is -0.438 e. The van der Waals surface area contributed by atoms with Gasteiger partial charge in [-0.15, -0.1) is 0 Å². The Morgan fingerprint density at radius 1 is 1.44 bits per heavy atom. The second-order valence-corrected chi connectivity index (χ2v) is 5.24. The Hall–Kier alpha value is -1.34. The fourth-order valence-electron chi connectivity index (χ4n) is 1.19. The van der Waals surface area contributed by atoms with E-state index < -0.39 is 15.9 Å². The molecular weight excluding hydrogens is 232 g/mol. The maximum Gasteiger partial charge on any atom is 0.286 e. The third-order valence-corrected chi connectivity index (χ3v) is 3.59. The Kier molecular flexibility index (Phi) is 2.73. The van der Waals surface area contributed by atoms with Gasteiger partial charge in [-0.05, 0) is 25.0 Å². The van der Waals surface area contributed by atoms with Crippen LogP contribution in [0.2, 0.25) is 0 Å². The molecule has 0 saturated heterocycles. The molecule has 0 unspecified atom stereocenters. The summed E-state index contributed by atoms with van der Waals surface area (Å²) >= 11 is 0. The minimum absolute atomic E-state index is 0.0125. The van der Waals surface area contributed by atoms with E-state index in [0.717, 1.165) is 12.8 Å². The standard InChI is InChI=1S/C9H12N2O4S/c1-10-9(12)7-4-5-8(15-7)16(13,14)11-6-2-3-6/h4-6,11H,2-3H2,1H3,(H,10,12). The molecule has 1 aliphatic rings. The molecule has 16 heavy (non-hydrogen) atoms. The van der Waals surface area contributed by atoms with Crippen LogP contribution in [0.5, 0.6) is 0 Å². The van der Waals surface area contributed by atoms with E-state index in [1.54, 1.807) is 0 Å². The van der Waals surface area contributed by atoms with Crippen LogP contribution in [0.25, 0.3) is 0 Å². The molecule has 2 rings (SSSR count). The molecule has 0 radical (unpaired) electrons. The number of nitrogens with one attached hydrogen (secondary N) is 2. The summed E-state index contributed by atoms with van der Waals surface area (Å²) < 4.78 is 30.8. The molecule has 1 heterocycles. The summed E-state index contributed by atoms with van der Waals surface area (Å²) in [5.74, 6) is -0.466. The van der Waals surface area contributed by atoms with Crippen molar-refractivity contribution >= 4 is 15.9 Å². The summed E-state index contributed by atoms with van der Waals surface area (Å²) in [4.78, 5) is 11.2. The lowest BCUT2D eigenvalue weighted by molar-refractivity contribution is 0.0930. The molecular formula is C9H12N2O4S. The van der Waals surface area contributed by atoms with Crippen molar-refractivity contribution in [2.24, 2.45) is 0 Å². The van der Waals surface area contributed by atoms with Gasteiger partial charge in [0, 0.05) is 13.1 Å². The van der Waals surface area contributed by atoms with Crippen molar-refractivity contribution in [1.82, 2.24) is 10.0 Å². The average molecular weight is 244 g/mol. The van der Waals surface area contributed by atoms with E-state index in [2.05, 4.69) is 10.0 Å². The van der Waals surface area contributed by atoms with Crippen LogP contribution in [0, 0.1) is 0 Å². The summed E-state index contributed by atoms with van der Waals surface area (Å²) in [6.07, 6.45) is 1.70. The smallest absolute Gasteiger partial charge is 0.286 e. The zero-order valence-corrected chi connectivity index (χ0v) is 9.50. The first-order valence-electron chi connectivity index (χ1n) is 4.87. The molecule has 1 amide bonds. The van der Waals surface area contributed by atoms with Gasteiger partial charge in [0.25, 0.3) is 15.9 Å². The molecule has 7 heteroatoms. The Morgan fingerprint density at radius 3 is 2.69 bits per heavy atom. The molecule has 1 aromatic heterocycles. The first-order valence-corrected chi connectivity index (χ1v) is 6.35. The van der Waals surface area contributed by atoms with Gasteiger partial charge in [0.1, 0.15) is 0 Å². The monoisotopic (exact) mass is 244 g/mol. The predicted octanol–water partition coefficient (Wildman–Crippen LogP) is 0.0799. The van der Waals surface area contributed by atoms with E-state index in [0.29, 0.717) is 0 Å². The van der Waals surface area contributed by atoms with E-state index in [4.69, 9.17) is 4.42 Å². The highest BCUT2D eigenvalue weighted by Gasteiger charge is 2.30. The van der Waals surface area contributed by atoms with Crippen molar-refractivity contribution in [3.63, 3.8) is 0 Å². The molecule has 88 valence electrons. The van der Waals surface area contributed by atoms with E-state index >= 15 is 0 Å².